The van der Waals surface area contributed by atoms with Crippen molar-refractivity contribution in [2.75, 3.05) is 0 Å². The minimum atomic E-state index is -0.111. The van der Waals surface area contributed by atoms with E-state index in [-0.39, 0.29) is 5.91 Å². The second-order valence-electron chi connectivity index (χ2n) is 3.45. The van der Waals surface area contributed by atoms with Crippen molar-refractivity contribution in [2.24, 2.45) is 0 Å². The van der Waals surface area contributed by atoms with E-state index in [2.05, 4.69) is 20.3 Å². The molecule has 0 radical (unpaired) electrons. The first-order chi connectivity index (χ1) is 7.75. The van der Waals surface area contributed by atoms with Crippen LogP contribution in [-0.4, -0.2) is 20.9 Å². The monoisotopic (exact) mass is 216 g/mol. The Balaban J connectivity index is 1.98. The lowest BCUT2D eigenvalue weighted by Gasteiger charge is -2.03. The average Bonchev–Trinajstić information content (AvgIpc) is 2.78. The first kappa shape index (κ1) is 10.4. The third-order valence-corrected chi connectivity index (χ3v) is 2.15. The Hall–Kier alpha value is -2.17. The lowest BCUT2D eigenvalue weighted by molar-refractivity contribution is 0.0950. The molecule has 2 N–H and O–H groups in total. The number of H-pyrrole nitrogens is 1. The van der Waals surface area contributed by atoms with E-state index in [1.807, 2.05) is 6.92 Å². The molecule has 0 saturated carbocycles. The summed E-state index contributed by atoms with van der Waals surface area (Å²) in [6.45, 7) is 2.30. The van der Waals surface area contributed by atoms with E-state index in [1.165, 1.54) is 0 Å². The molecule has 0 unspecified atom stereocenters. The van der Waals surface area contributed by atoms with Gasteiger partial charge in [0.2, 0.25) is 0 Å². The van der Waals surface area contributed by atoms with Crippen molar-refractivity contribution < 1.29 is 4.79 Å². The molecule has 0 aliphatic heterocycles. The standard InChI is InChI=1S/C11H12N4O/c1-8-4-9(2-3-13-8)11(16)14-6-10-5-12-7-15-10/h2-5,7H,6H2,1H3,(H,12,15)(H,14,16). The summed E-state index contributed by atoms with van der Waals surface area (Å²) in [5.74, 6) is -0.111. The largest absolute Gasteiger partial charge is 0.347 e. The number of hydrogen-bond donors (Lipinski definition) is 2. The number of aromatic nitrogens is 3. The van der Waals surface area contributed by atoms with Crippen LogP contribution >= 0.6 is 0 Å². The first-order valence-corrected chi connectivity index (χ1v) is 4.94. The summed E-state index contributed by atoms with van der Waals surface area (Å²) in [5, 5.41) is 2.79. The number of imidazole rings is 1. The maximum absolute atomic E-state index is 11.7. The third-order valence-electron chi connectivity index (χ3n) is 2.15. The van der Waals surface area contributed by atoms with Crippen LogP contribution in [0.15, 0.2) is 30.9 Å². The summed E-state index contributed by atoms with van der Waals surface area (Å²) in [6.07, 6.45) is 4.89. The summed E-state index contributed by atoms with van der Waals surface area (Å²) in [4.78, 5) is 22.5. The van der Waals surface area contributed by atoms with Crippen molar-refractivity contribution in [1.29, 1.82) is 0 Å². The second kappa shape index (κ2) is 4.57. The molecule has 5 heteroatoms. The van der Waals surface area contributed by atoms with Gasteiger partial charge >= 0.3 is 0 Å². The molecule has 0 aliphatic carbocycles. The van der Waals surface area contributed by atoms with Crippen LogP contribution in [0.4, 0.5) is 0 Å². The molecule has 2 heterocycles. The van der Waals surface area contributed by atoms with Crippen LogP contribution in [0.5, 0.6) is 0 Å². The molecule has 1 amide bonds. The van der Waals surface area contributed by atoms with Gasteiger partial charge in [-0.2, -0.15) is 0 Å². The topological polar surface area (TPSA) is 70.7 Å². The molecular weight excluding hydrogens is 204 g/mol. The molecule has 2 aromatic rings. The zero-order chi connectivity index (χ0) is 11.4. The maximum atomic E-state index is 11.7. The van der Waals surface area contributed by atoms with Crippen molar-refractivity contribution in [3.05, 3.63) is 47.8 Å². The SMILES string of the molecule is Cc1cc(C(=O)NCc2cnc[nH]2)ccn1. The summed E-state index contributed by atoms with van der Waals surface area (Å²) < 4.78 is 0. The number of amides is 1. The zero-order valence-electron chi connectivity index (χ0n) is 8.90. The predicted octanol–water partition coefficient (Wildman–Crippen LogP) is 1.04. The van der Waals surface area contributed by atoms with E-state index in [0.29, 0.717) is 12.1 Å². The number of aryl methyl sites for hydroxylation is 1. The number of aromatic amines is 1. The van der Waals surface area contributed by atoms with Gasteiger partial charge in [-0.3, -0.25) is 9.78 Å². The highest BCUT2D eigenvalue weighted by molar-refractivity contribution is 5.94. The first-order valence-electron chi connectivity index (χ1n) is 4.94. The Kier molecular flexibility index (Phi) is 2.95. The van der Waals surface area contributed by atoms with Crippen molar-refractivity contribution in [2.45, 2.75) is 13.5 Å². The lowest BCUT2D eigenvalue weighted by Crippen LogP contribution is -2.23. The van der Waals surface area contributed by atoms with E-state index in [0.717, 1.165) is 11.4 Å². The van der Waals surface area contributed by atoms with Gasteiger partial charge in [-0.15, -0.1) is 0 Å². The van der Waals surface area contributed by atoms with Gasteiger partial charge in [-0.05, 0) is 19.1 Å². The summed E-state index contributed by atoms with van der Waals surface area (Å²) in [6, 6.07) is 3.44. The molecule has 0 spiro atoms. The average molecular weight is 216 g/mol. The molecule has 0 saturated heterocycles. The van der Waals surface area contributed by atoms with Crippen LogP contribution in [0, 0.1) is 6.92 Å². The van der Waals surface area contributed by atoms with Gasteiger partial charge in [0.05, 0.1) is 18.6 Å². The fraction of sp³-hybridized carbons (Fsp3) is 0.182. The molecule has 5 nitrogen and oxygen atoms in total. The van der Waals surface area contributed by atoms with Crippen LogP contribution in [-0.2, 0) is 6.54 Å². The second-order valence-corrected chi connectivity index (χ2v) is 3.45. The van der Waals surface area contributed by atoms with E-state index in [9.17, 15) is 4.79 Å². The zero-order valence-corrected chi connectivity index (χ0v) is 8.90. The molecular formula is C11H12N4O. The Labute approximate surface area is 92.9 Å². The predicted molar refractivity (Wildman–Crippen MR) is 58.7 cm³/mol. The van der Waals surface area contributed by atoms with Gasteiger partial charge in [0, 0.05) is 23.7 Å². The quantitative estimate of drug-likeness (QED) is 0.805. The molecule has 0 fully saturated rings. The molecule has 16 heavy (non-hydrogen) atoms. The molecule has 0 atom stereocenters. The third kappa shape index (κ3) is 2.44. The van der Waals surface area contributed by atoms with Crippen molar-refractivity contribution in [3.63, 3.8) is 0 Å². The number of pyridine rings is 1. The minimum Gasteiger partial charge on any atom is -0.347 e. The molecule has 2 aromatic heterocycles. The van der Waals surface area contributed by atoms with Gasteiger partial charge in [0.25, 0.3) is 5.91 Å². The van der Waals surface area contributed by atoms with E-state index in [1.54, 1.807) is 30.9 Å². The summed E-state index contributed by atoms with van der Waals surface area (Å²) >= 11 is 0. The number of nitrogens with one attached hydrogen (secondary N) is 2. The fourth-order valence-electron chi connectivity index (χ4n) is 1.35. The molecule has 2 rings (SSSR count). The Morgan fingerprint density at radius 1 is 1.56 bits per heavy atom. The molecule has 82 valence electrons. The molecule has 0 bridgehead atoms. The minimum absolute atomic E-state index is 0.111. The van der Waals surface area contributed by atoms with Crippen LogP contribution < -0.4 is 5.32 Å². The van der Waals surface area contributed by atoms with Crippen LogP contribution in [0.25, 0.3) is 0 Å². The van der Waals surface area contributed by atoms with Gasteiger partial charge in [0.1, 0.15) is 0 Å². The Morgan fingerprint density at radius 3 is 3.12 bits per heavy atom. The number of hydrogen-bond acceptors (Lipinski definition) is 3. The van der Waals surface area contributed by atoms with Gasteiger partial charge in [-0.1, -0.05) is 0 Å². The van der Waals surface area contributed by atoms with Crippen molar-refractivity contribution in [3.8, 4) is 0 Å². The highest BCUT2D eigenvalue weighted by Crippen LogP contribution is 2.01. The lowest BCUT2D eigenvalue weighted by atomic mass is 10.2. The van der Waals surface area contributed by atoms with Crippen molar-refractivity contribution in [1.82, 2.24) is 20.3 Å². The molecule has 0 aliphatic rings. The number of carbonyl (C=O) groups is 1. The number of nitrogens with zero attached hydrogens (tertiary/aromatic N) is 2. The van der Waals surface area contributed by atoms with Gasteiger partial charge < -0.3 is 10.3 Å². The molecule has 0 aromatic carbocycles. The van der Waals surface area contributed by atoms with Crippen LogP contribution in [0.1, 0.15) is 21.7 Å². The van der Waals surface area contributed by atoms with Crippen LogP contribution in [0.2, 0.25) is 0 Å². The van der Waals surface area contributed by atoms with Crippen molar-refractivity contribution >= 4 is 5.91 Å². The highest BCUT2D eigenvalue weighted by atomic mass is 16.1. The summed E-state index contributed by atoms with van der Waals surface area (Å²) in [5.41, 5.74) is 2.32. The summed E-state index contributed by atoms with van der Waals surface area (Å²) in [7, 11) is 0. The smallest absolute Gasteiger partial charge is 0.251 e. The Morgan fingerprint density at radius 2 is 2.44 bits per heavy atom. The van der Waals surface area contributed by atoms with E-state index >= 15 is 0 Å². The fourth-order valence-corrected chi connectivity index (χ4v) is 1.35. The highest BCUT2D eigenvalue weighted by Gasteiger charge is 2.05. The number of rotatable bonds is 3. The van der Waals surface area contributed by atoms with Gasteiger partial charge in [-0.25, -0.2) is 4.98 Å². The van der Waals surface area contributed by atoms with E-state index < -0.39 is 0 Å². The Bertz CT molecular complexity index is 478. The van der Waals surface area contributed by atoms with E-state index in [4.69, 9.17) is 0 Å². The van der Waals surface area contributed by atoms with Gasteiger partial charge in [0.15, 0.2) is 0 Å². The maximum Gasteiger partial charge on any atom is 0.251 e. The van der Waals surface area contributed by atoms with Crippen LogP contribution in [0.3, 0.4) is 0 Å². The number of carbonyl (C=O) groups excluding carboxylic acids is 1. The normalized spacial score (nSPS) is 10.1.